The fourth-order valence-electron chi connectivity index (χ4n) is 1.26. The molecule has 2 rings (SSSR count). The van der Waals surface area contributed by atoms with Gasteiger partial charge in [0.25, 0.3) is 0 Å². The van der Waals surface area contributed by atoms with Gasteiger partial charge in [0.15, 0.2) is 6.29 Å². The maximum atomic E-state index is 8.78. The standard InChI is InChI=1S/C8H10O2.C6H8N2/c1-7(9)10-8-5-3-2-4-6-8;7-5-2-1-3-6(8)4-5/h2-7,9H,1H3;1-4H,7-8H2. The molecule has 0 aliphatic heterocycles. The summed E-state index contributed by atoms with van der Waals surface area (Å²) >= 11 is 0. The van der Waals surface area contributed by atoms with E-state index in [1.165, 1.54) is 0 Å². The minimum absolute atomic E-state index is 0.692. The number of para-hydroxylation sites is 1. The Morgan fingerprint density at radius 3 is 1.89 bits per heavy atom. The van der Waals surface area contributed by atoms with Gasteiger partial charge in [-0.25, -0.2) is 0 Å². The second-order valence-corrected chi connectivity index (χ2v) is 3.70. The number of nitrogens with two attached hydrogens (primary N) is 2. The number of ether oxygens (including phenoxy) is 1. The van der Waals surface area contributed by atoms with Crippen molar-refractivity contribution in [3.05, 3.63) is 54.6 Å². The normalized spacial score (nSPS) is 11.0. The number of aliphatic hydroxyl groups is 1. The van der Waals surface area contributed by atoms with Crippen molar-refractivity contribution < 1.29 is 9.84 Å². The minimum Gasteiger partial charge on any atom is -0.465 e. The molecule has 1 atom stereocenters. The fourth-order valence-corrected chi connectivity index (χ4v) is 1.26. The van der Waals surface area contributed by atoms with E-state index in [9.17, 15) is 0 Å². The molecule has 0 radical (unpaired) electrons. The third-order valence-electron chi connectivity index (χ3n) is 1.96. The number of hydrogen-bond acceptors (Lipinski definition) is 4. The Morgan fingerprint density at radius 2 is 1.50 bits per heavy atom. The third kappa shape index (κ3) is 5.77. The summed E-state index contributed by atoms with van der Waals surface area (Å²) in [5.41, 5.74) is 12.2. The molecule has 1 unspecified atom stereocenters. The highest BCUT2D eigenvalue weighted by Gasteiger charge is 1.94. The van der Waals surface area contributed by atoms with Crippen molar-refractivity contribution in [3.63, 3.8) is 0 Å². The summed E-state index contributed by atoms with van der Waals surface area (Å²) in [7, 11) is 0. The maximum Gasteiger partial charge on any atom is 0.194 e. The second kappa shape index (κ2) is 7.19. The van der Waals surface area contributed by atoms with Gasteiger partial charge in [0.05, 0.1) is 0 Å². The van der Waals surface area contributed by atoms with Crippen LogP contribution in [0.1, 0.15) is 6.92 Å². The van der Waals surface area contributed by atoms with Crippen LogP contribution in [0.5, 0.6) is 5.75 Å². The van der Waals surface area contributed by atoms with Crippen molar-refractivity contribution in [1.82, 2.24) is 0 Å². The van der Waals surface area contributed by atoms with Crippen LogP contribution in [0.15, 0.2) is 54.6 Å². The fraction of sp³-hybridized carbons (Fsp3) is 0.143. The van der Waals surface area contributed by atoms with E-state index in [2.05, 4.69) is 0 Å². The molecule has 0 bridgehead atoms. The first-order valence-corrected chi connectivity index (χ1v) is 5.58. The Hall–Kier alpha value is -2.20. The van der Waals surface area contributed by atoms with Crippen molar-refractivity contribution in [1.29, 1.82) is 0 Å². The molecule has 0 fully saturated rings. The van der Waals surface area contributed by atoms with Crippen LogP contribution in [0, 0.1) is 0 Å². The molecule has 0 aromatic heterocycles. The third-order valence-corrected chi connectivity index (χ3v) is 1.96. The minimum atomic E-state index is -0.734. The van der Waals surface area contributed by atoms with E-state index in [1.807, 2.05) is 24.3 Å². The zero-order valence-electron chi connectivity index (χ0n) is 10.3. The quantitative estimate of drug-likeness (QED) is 0.560. The Kier molecular flexibility index (Phi) is 5.54. The largest absolute Gasteiger partial charge is 0.465 e. The molecule has 4 heteroatoms. The molecule has 4 nitrogen and oxygen atoms in total. The Balaban J connectivity index is 0.000000184. The molecule has 18 heavy (non-hydrogen) atoms. The van der Waals surface area contributed by atoms with E-state index in [1.54, 1.807) is 37.3 Å². The zero-order chi connectivity index (χ0) is 13.4. The number of aliphatic hydroxyl groups excluding tert-OH is 1. The summed E-state index contributed by atoms with van der Waals surface area (Å²) in [5, 5.41) is 8.78. The van der Waals surface area contributed by atoms with Gasteiger partial charge in [-0.3, -0.25) is 0 Å². The number of hydrogen-bond donors (Lipinski definition) is 3. The van der Waals surface area contributed by atoms with Crippen LogP contribution in [0.3, 0.4) is 0 Å². The molecule has 0 heterocycles. The van der Waals surface area contributed by atoms with Crippen LogP contribution in [0.25, 0.3) is 0 Å². The Labute approximate surface area is 107 Å². The van der Waals surface area contributed by atoms with E-state index >= 15 is 0 Å². The molecule has 0 aliphatic rings. The van der Waals surface area contributed by atoms with Crippen LogP contribution in [0.4, 0.5) is 11.4 Å². The average Bonchev–Trinajstić information content (AvgIpc) is 2.30. The summed E-state index contributed by atoms with van der Waals surface area (Å²) in [6.45, 7) is 1.58. The number of anilines is 2. The monoisotopic (exact) mass is 246 g/mol. The maximum absolute atomic E-state index is 8.78. The highest BCUT2D eigenvalue weighted by Crippen LogP contribution is 2.09. The van der Waals surface area contributed by atoms with Gasteiger partial charge in [0.2, 0.25) is 0 Å². The van der Waals surface area contributed by atoms with Crippen molar-refractivity contribution in [3.8, 4) is 5.75 Å². The van der Waals surface area contributed by atoms with Gasteiger partial charge in [-0.2, -0.15) is 0 Å². The van der Waals surface area contributed by atoms with Gasteiger partial charge in [-0.05, 0) is 37.3 Å². The lowest BCUT2D eigenvalue weighted by molar-refractivity contribution is -0.000287. The number of rotatable bonds is 2. The van der Waals surface area contributed by atoms with Gasteiger partial charge >= 0.3 is 0 Å². The molecule has 5 N–H and O–H groups in total. The highest BCUT2D eigenvalue weighted by atomic mass is 16.6. The molecule has 2 aromatic carbocycles. The van der Waals surface area contributed by atoms with Crippen molar-refractivity contribution >= 4 is 11.4 Å². The predicted octanol–water partition coefficient (Wildman–Crippen LogP) is 2.25. The SMILES string of the molecule is CC(O)Oc1ccccc1.Nc1cccc(N)c1. The topological polar surface area (TPSA) is 81.5 Å². The van der Waals surface area contributed by atoms with Gasteiger partial charge in [-0.1, -0.05) is 24.3 Å². The molecule has 96 valence electrons. The highest BCUT2D eigenvalue weighted by molar-refractivity contribution is 5.50. The smallest absolute Gasteiger partial charge is 0.194 e. The summed E-state index contributed by atoms with van der Waals surface area (Å²) in [6, 6.07) is 16.4. The molecular weight excluding hydrogens is 228 g/mol. The summed E-state index contributed by atoms with van der Waals surface area (Å²) in [4.78, 5) is 0. The van der Waals surface area contributed by atoms with E-state index in [0.717, 1.165) is 0 Å². The first-order chi connectivity index (χ1) is 8.58. The molecule has 0 saturated heterocycles. The first-order valence-electron chi connectivity index (χ1n) is 5.58. The zero-order valence-corrected chi connectivity index (χ0v) is 10.3. The van der Waals surface area contributed by atoms with E-state index in [0.29, 0.717) is 17.1 Å². The molecular formula is C14H18N2O2. The molecule has 2 aromatic rings. The lowest BCUT2D eigenvalue weighted by Gasteiger charge is -2.06. The van der Waals surface area contributed by atoms with Gasteiger partial charge in [0.1, 0.15) is 5.75 Å². The predicted molar refractivity (Wildman–Crippen MR) is 74.0 cm³/mol. The van der Waals surface area contributed by atoms with Gasteiger partial charge in [0, 0.05) is 11.4 Å². The number of nitrogen functional groups attached to an aromatic ring is 2. The van der Waals surface area contributed by atoms with Crippen LogP contribution in [0.2, 0.25) is 0 Å². The number of benzene rings is 2. The second-order valence-electron chi connectivity index (χ2n) is 3.70. The van der Waals surface area contributed by atoms with Crippen LogP contribution < -0.4 is 16.2 Å². The van der Waals surface area contributed by atoms with Crippen LogP contribution in [-0.2, 0) is 0 Å². The molecule has 0 spiro atoms. The Morgan fingerprint density at radius 1 is 0.944 bits per heavy atom. The summed E-state index contributed by atoms with van der Waals surface area (Å²) < 4.78 is 4.97. The summed E-state index contributed by atoms with van der Waals surface area (Å²) in [6.07, 6.45) is -0.734. The van der Waals surface area contributed by atoms with Gasteiger partial charge < -0.3 is 21.3 Å². The molecule has 0 amide bonds. The van der Waals surface area contributed by atoms with E-state index in [-0.39, 0.29) is 0 Å². The lowest BCUT2D eigenvalue weighted by atomic mass is 10.3. The first kappa shape index (κ1) is 13.9. The molecule has 0 aliphatic carbocycles. The van der Waals surface area contributed by atoms with Crippen molar-refractivity contribution in [2.45, 2.75) is 13.2 Å². The van der Waals surface area contributed by atoms with Crippen molar-refractivity contribution in [2.24, 2.45) is 0 Å². The van der Waals surface area contributed by atoms with Crippen LogP contribution >= 0.6 is 0 Å². The van der Waals surface area contributed by atoms with Crippen molar-refractivity contribution in [2.75, 3.05) is 11.5 Å². The Bertz CT molecular complexity index is 441. The van der Waals surface area contributed by atoms with Crippen LogP contribution in [-0.4, -0.2) is 11.4 Å². The van der Waals surface area contributed by atoms with E-state index < -0.39 is 6.29 Å². The van der Waals surface area contributed by atoms with Gasteiger partial charge in [-0.15, -0.1) is 0 Å². The molecule has 0 saturated carbocycles. The average molecular weight is 246 g/mol. The summed E-state index contributed by atoms with van der Waals surface area (Å²) in [5.74, 6) is 0.692. The van der Waals surface area contributed by atoms with E-state index in [4.69, 9.17) is 21.3 Å². The lowest BCUT2D eigenvalue weighted by Crippen LogP contribution is -2.08.